The number of methoxy groups -OCH3 is 1. The molecule has 10 heteroatoms. The van der Waals surface area contributed by atoms with Crippen LogP contribution in [0.2, 0.25) is 0 Å². The number of thiazole rings is 1. The molecular formula is C17H19N3O5S2. The molecule has 8 nitrogen and oxygen atoms in total. The molecule has 0 spiro atoms. The molecule has 2 amide bonds. The van der Waals surface area contributed by atoms with Gasteiger partial charge in [-0.25, -0.2) is 18.2 Å². The van der Waals surface area contributed by atoms with Gasteiger partial charge < -0.3 is 15.0 Å². The highest BCUT2D eigenvalue weighted by molar-refractivity contribution is 7.91. The molecule has 1 aromatic heterocycles. The minimum absolute atomic E-state index is 0.157. The number of fused-ring (bicyclic) bond motifs is 1. The molecular weight excluding hydrogens is 390 g/mol. The monoisotopic (exact) mass is 409 g/mol. The summed E-state index contributed by atoms with van der Waals surface area (Å²) in [7, 11) is -2.17. The molecule has 1 aliphatic heterocycles. The average molecular weight is 409 g/mol. The highest BCUT2D eigenvalue weighted by Crippen LogP contribution is 2.28. The standard InChI is InChI=1S/C17H19N3O5S2/c1-25-17(22)20-9-7-13-14(11-20)26-16(18-13)19-15(21)8-10-27(23,24)12-5-3-2-4-6-12/h2-6H,7-11H2,1H3,(H,18,19,21). The zero-order valence-electron chi connectivity index (χ0n) is 14.7. The molecule has 0 aliphatic carbocycles. The second kappa shape index (κ2) is 8.05. The Labute approximate surface area is 161 Å². The predicted molar refractivity (Wildman–Crippen MR) is 100 cm³/mol. The van der Waals surface area contributed by atoms with Crippen molar-refractivity contribution in [3.8, 4) is 0 Å². The van der Waals surface area contributed by atoms with E-state index in [1.807, 2.05) is 0 Å². The Balaban J connectivity index is 1.58. The third-order valence-electron chi connectivity index (χ3n) is 4.11. The summed E-state index contributed by atoms with van der Waals surface area (Å²) in [6, 6.07) is 8.04. The third-order valence-corrected chi connectivity index (χ3v) is 6.84. The van der Waals surface area contributed by atoms with Gasteiger partial charge in [0.2, 0.25) is 5.91 Å². The molecule has 1 N–H and O–H groups in total. The number of carbonyl (C=O) groups is 2. The fourth-order valence-electron chi connectivity index (χ4n) is 2.69. The number of sulfone groups is 1. The Hall–Kier alpha value is -2.46. The smallest absolute Gasteiger partial charge is 0.409 e. The van der Waals surface area contributed by atoms with Gasteiger partial charge in [-0.1, -0.05) is 29.5 Å². The first-order valence-electron chi connectivity index (χ1n) is 8.28. The topological polar surface area (TPSA) is 106 Å². The first-order valence-corrected chi connectivity index (χ1v) is 10.7. The third kappa shape index (κ3) is 4.64. The summed E-state index contributed by atoms with van der Waals surface area (Å²) < 4.78 is 29.2. The van der Waals surface area contributed by atoms with E-state index in [9.17, 15) is 18.0 Å². The van der Waals surface area contributed by atoms with Gasteiger partial charge in [0.25, 0.3) is 0 Å². The van der Waals surface area contributed by atoms with E-state index in [0.717, 1.165) is 10.6 Å². The minimum atomic E-state index is -3.51. The van der Waals surface area contributed by atoms with Crippen LogP contribution in [0.4, 0.5) is 9.93 Å². The molecule has 1 aromatic carbocycles. The zero-order valence-corrected chi connectivity index (χ0v) is 16.3. The number of hydrogen-bond acceptors (Lipinski definition) is 7. The van der Waals surface area contributed by atoms with Gasteiger partial charge in [0.1, 0.15) is 0 Å². The maximum atomic E-state index is 12.2. The second-order valence-electron chi connectivity index (χ2n) is 5.96. The van der Waals surface area contributed by atoms with Gasteiger partial charge in [0.15, 0.2) is 15.0 Å². The highest BCUT2D eigenvalue weighted by Gasteiger charge is 2.25. The molecule has 3 rings (SSSR count). The summed E-state index contributed by atoms with van der Waals surface area (Å²) in [5, 5.41) is 3.06. The van der Waals surface area contributed by atoms with Crippen molar-refractivity contribution in [1.82, 2.24) is 9.88 Å². The lowest BCUT2D eigenvalue weighted by Crippen LogP contribution is -2.35. The maximum absolute atomic E-state index is 12.2. The number of rotatable bonds is 5. The van der Waals surface area contributed by atoms with Crippen LogP contribution in [0.5, 0.6) is 0 Å². The number of nitrogens with one attached hydrogen (secondary N) is 1. The van der Waals surface area contributed by atoms with E-state index < -0.39 is 21.8 Å². The van der Waals surface area contributed by atoms with E-state index in [1.54, 1.807) is 23.1 Å². The summed E-state index contributed by atoms with van der Waals surface area (Å²) >= 11 is 1.28. The lowest BCUT2D eigenvalue weighted by atomic mass is 10.2. The predicted octanol–water partition coefficient (Wildman–Crippen LogP) is 2.07. The van der Waals surface area contributed by atoms with Gasteiger partial charge in [-0.15, -0.1) is 0 Å². The molecule has 0 bridgehead atoms. The number of benzene rings is 1. The molecule has 27 heavy (non-hydrogen) atoms. The van der Waals surface area contributed by atoms with Crippen molar-refractivity contribution >= 4 is 38.3 Å². The summed E-state index contributed by atoms with van der Waals surface area (Å²) in [6.45, 7) is 0.893. The largest absolute Gasteiger partial charge is 0.453 e. The van der Waals surface area contributed by atoms with Crippen LogP contribution in [-0.4, -0.2) is 49.7 Å². The number of amides is 2. The van der Waals surface area contributed by atoms with Gasteiger partial charge >= 0.3 is 6.09 Å². The van der Waals surface area contributed by atoms with Crippen LogP contribution >= 0.6 is 11.3 Å². The zero-order chi connectivity index (χ0) is 19.4. The van der Waals surface area contributed by atoms with Crippen LogP contribution in [0, 0.1) is 0 Å². The first-order chi connectivity index (χ1) is 12.9. The van der Waals surface area contributed by atoms with Crippen molar-refractivity contribution in [1.29, 1.82) is 0 Å². The molecule has 0 radical (unpaired) electrons. The average Bonchev–Trinajstić information content (AvgIpc) is 3.07. The minimum Gasteiger partial charge on any atom is -0.453 e. The van der Waals surface area contributed by atoms with Gasteiger partial charge in [-0.05, 0) is 12.1 Å². The Morgan fingerprint density at radius 3 is 2.74 bits per heavy atom. The van der Waals surface area contributed by atoms with Crippen molar-refractivity contribution in [3.63, 3.8) is 0 Å². The van der Waals surface area contributed by atoms with Gasteiger partial charge in [0, 0.05) is 24.3 Å². The molecule has 0 saturated carbocycles. The van der Waals surface area contributed by atoms with Gasteiger partial charge in [-0.2, -0.15) is 0 Å². The molecule has 0 atom stereocenters. The molecule has 1 aliphatic rings. The van der Waals surface area contributed by atoms with Crippen molar-refractivity contribution in [2.75, 3.05) is 24.7 Å². The summed E-state index contributed by atoms with van der Waals surface area (Å²) in [5.41, 5.74) is 0.840. The number of carbonyl (C=O) groups excluding carboxylic acids is 2. The Bertz CT molecular complexity index is 941. The molecule has 144 valence electrons. The van der Waals surface area contributed by atoms with Crippen LogP contribution in [-0.2, 0) is 32.3 Å². The molecule has 2 aromatic rings. The maximum Gasteiger partial charge on any atom is 0.409 e. The number of nitrogens with zero attached hydrogens (tertiary/aromatic N) is 2. The number of aromatic nitrogens is 1. The van der Waals surface area contributed by atoms with Crippen molar-refractivity contribution in [2.45, 2.75) is 24.3 Å². The fraction of sp³-hybridized carbons (Fsp3) is 0.353. The molecule has 0 fully saturated rings. The Morgan fingerprint density at radius 2 is 2.04 bits per heavy atom. The van der Waals surface area contributed by atoms with Crippen LogP contribution < -0.4 is 5.32 Å². The van der Waals surface area contributed by atoms with Crippen molar-refractivity contribution in [2.24, 2.45) is 0 Å². The van der Waals surface area contributed by atoms with Crippen molar-refractivity contribution in [3.05, 3.63) is 40.9 Å². The number of ether oxygens (including phenoxy) is 1. The summed E-state index contributed by atoms with van der Waals surface area (Å²) in [5.74, 6) is -0.685. The van der Waals surface area contributed by atoms with Crippen molar-refractivity contribution < 1.29 is 22.7 Å². The quantitative estimate of drug-likeness (QED) is 0.810. The summed E-state index contributed by atoms with van der Waals surface area (Å²) in [6.07, 6.45) is 0.0281. The molecule has 2 heterocycles. The first kappa shape index (κ1) is 19.3. The molecule has 0 saturated heterocycles. The van der Waals surface area contributed by atoms with Crippen LogP contribution in [0.1, 0.15) is 17.0 Å². The van der Waals surface area contributed by atoms with E-state index in [4.69, 9.17) is 4.74 Å². The van der Waals surface area contributed by atoms with Crippen LogP contribution in [0.3, 0.4) is 0 Å². The fourth-order valence-corrected chi connectivity index (χ4v) is 4.99. The number of anilines is 1. The van der Waals surface area contributed by atoms with E-state index in [-0.39, 0.29) is 17.1 Å². The Morgan fingerprint density at radius 1 is 1.30 bits per heavy atom. The lowest BCUT2D eigenvalue weighted by molar-refractivity contribution is -0.115. The summed E-state index contributed by atoms with van der Waals surface area (Å²) in [4.78, 5) is 30.8. The van der Waals surface area contributed by atoms with Gasteiger partial charge in [-0.3, -0.25) is 4.79 Å². The SMILES string of the molecule is COC(=O)N1CCc2nc(NC(=O)CCS(=O)(=O)c3ccccc3)sc2C1. The Kier molecular flexibility index (Phi) is 5.76. The normalized spacial score (nSPS) is 13.7. The van der Waals surface area contributed by atoms with E-state index in [0.29, 0.717) is 24.6 Å². The second-order valence-corrected chi connectivity index (χ2v) is 9.15. The van der Waals surface area contributed by atoms with Crippen LogP contribution in [0.15, 0.2) is 35.2 Å². The molecule has 0 unspecified atom stereocenters. The highest BCUT2D eigenvalue weighted by atomic mass is 32.2. The van der Waals surface area contributed by atoms with E-state index >= 15 is 0 Å². The van der Waals surface area contributed by atoms with E-state index in [2.05, 4.69) is 10.3 Å². The van der Waals surface area contributed by atoms with Crippen LogP contribution in [0.25, 0.3) is 0 Å². The lowest BCUT2D eigenvalue weighted by Gasteiger charge is -2.24. The van der Waals surface area contributed by atoms with E-state index in [1.165, 1.54) is 30.6 Å². The van der Waals surface area contributed by atoms with Gasteiger partial charge in [0.05, 0.1) is 30.0 Å². The number of hydrogen-bond donors (Lipinski definition) is 1.